The minimum atomic E-state index is -0.480. The van der Waals surface area contributed by atoms with Crippen LogP contribution in [0.1, 0.15) is 72.9 Å². The lowest BCUT2D eigenvalue weighted by atomic mass is 10.1. The van der Waals surface area contributed by atoms with Gasteiger partial charge in [-0.2, -0.15) is 0 Å². The third-order valence-electron chi connectivity index (χ3n) is 6.56. The van der Waals surface area contributed by atoms with Crippen LogP contribution in [0.25, 0.3) is 17.0 Å². The predicted molar refractivity (Wildman–Crippen MR) is 139 cm³/mol. The Balaban J connectivity index is 1.59. The van der Waals surface area contributed by atoms with Crippen LogP contribution in [0.3, 0.4) is 0 Å². The van der Waals surface area contributed by atoms with Crippen LogP contribution in [0, 0.1) is 12.7 Å². The summed E-state index contributed by atoms with van der Waals surface area (Å²) in [6.45, 7) is 6.35. The van der Waals surface area contributed by atoms with Crippen molar-refractivity contribution >= 4 is 11.5 Å². The van der Waals surface area contributed by atoms with Crippen LogP contribution in [0.4, 0.5) is 4.39 Å². The lowest BCUT2D eigenvalue weighted by Gasteiger charge is -2.17. The predicted octanol–water partition coefficient (Wildman–Crippen LogP) is 4.55. The van der Waals surface area contributed by atoms with Crippen molar-refractivity contribution in [2.75, 3.05) is 0 Å². The average Bonchev–Trinajstić information content (AvgIpc) is 3.69. The highest BCUT2D eigenvalue weighted by atomic mass is 19.1. The van der Waals surface area contributed by atoms with E-state index in [0.717, 1.165) is 31.2 Å². The van der Waals surface area contributed by atoms with Crippen molar-refractivity contribution in [1.29, 1.82) is 0 Å². The van der Waals surface area contributed by atoms with Crippen LogP contribution in [0.15, 0.2) is 53.6 Å². The summed E-state index contributed by atoms with van der Waals surface area (Å²) in [5.74, 6) is -0.946. The van der Waals surface area contributed by atoms with E-state index in [9.17, 15) is 14.0 Å². The monoisotopic (exact) mass is 489 g/mol. The highest BCUT2D eigenvalue weighted by Gasteiger charge is 2.20. The van der Waals surface area contributed by atoms with Gasteiger partial charge < -0.3 is 15.6 Å². The third kappa shape index (κ3) is 5.76. The number of benzene rings is 1. The molecule has 4 rings (SSSR count). The molecule has 7 nitrogen and oxygen atoms in total. The molecule has 1 aliphatic carbocycles. The normalized spacial score (nSPS) is 13.9. The second-order valence-electron chi connectivity index (χ2n) is 9.26. The van der Waals surface area contributed by atoms with Crippen molar-refractivity contribution < 1.29 is 9.18 Å². The Morgan fingerprint density at radius 1 is 1.25 bits per heavy atom. The Morgan fingerprint density at radius 3 is 2.67 bits per heavy atom. The minimum Gasteiger partial charge on any atom is -0.398 e. The van der Waals surface area contributed by atoms with Crippen molar-refractivity contribution in [1.82, 2.24) is 19.9 Å². The maximum atomic E-state index is 14.7. The van der Waals surface area contributed by atoms with Crippen molar-refractivity contribution in [3.63, 3.8) is 0 Å². The molecule has 0 saturated heterocycles. The lowest BCUT2D eigenvalue weighted by Crippen LogP contribution is -2.23. The molecular formula is C28H32FN5O2. The van der Waals surface area contributed by atoms with Gasteiger partial charge >= 0.3 is 0 Å². The van der Waals surface area contributed by atoms with E-state index in [1.807, 2.05) is 13.8 Å². The van der Waals surface area contributed by atoms with E-state index in [1.165, 1.54) is 18.2 Å². The van der Waals surface area contributed by atoms with E-state index in [1.54, 1.807) is 42.1 Å². The summed E-state index contributed by atoms with van der Waals surface area (Å²) in [6, 6.07) is 8.61. The number of halogens is 1. The lowest BCUT2D eigenvalue weighted by molar-refractivity contribution is 0.104. The number of allylic oxidation sites excluding steroid dienone is 1. The van der Waals surface area contributed by atoms with Crippen molar-refractivity contribution in [3.05, 3.63) is 87.5 Å². The number of hydrogen-bond donors (Lipinski definition) is 2. The number of nitrogens with one attached hydrogen (secondary N) is 1. The van der Waals surface area contributed by atoms with Crippen LogP contribution in [-0.4, -0.2) is 26.4 Å². The number of hydrogen-bond acceptors (Lipinski definition) is 6. The number of carbonyl (C=O) groups is 1. The molecule has 1 aliphatic rings. The Morgan fingerprint density at radius 2 is 2.00 bits per heavy atom. The van der Waals surface area contributed by atoms with E-state index >= 15 is 0 Å². The summed E-state index contributed by atoms with van der Waals surface area (Å²) in [6.07, 6.45) is 8.47. The molecule has 0 radical (unpaired) electrons. The van der Waals surface area contributed by atoms with Gasteiger partial charge in [0.2, 0.25) is 5.78 Å². The molecule has 3 N–H and O–H groups in total. The zero-order chi connectivity index (χ0) is 25.8. The highest BCUT2D eigenvalue weighted by Crippen LogP contribution is 2.22. The fourth-order valence-electron chi connectivity index (χ4n) is 4.18. The summed E-state index contributed by atoms with van der Waals surface area (Å²) in [4.78, 5) is 34.3. The van der Waals surface area contributed by atoms with Gasteiger partial charge in [0.1, 0.15) is 11.5 Å². The molecule has 1 aromatic carbocycles. The maximum Gasteiger partial charge on any atom is 0.250 e. The first-order chi connectivity index (χ1) is 17.3. The Bertz CT molecular complexity index is 1360. The van der Waals surface area contributed by atoms with Crippen LogP contribution in [-0.2, 0) is 6.54 Å². The molecular weight excluding hydrogens is 457 g/mol. The molecule has 36 heavy (non-hydrogen) atoms. The van der Waals surface area contributed by atoms with Gasteiger partial charge in [-0.25, -0.2) is 9.37 Å². The van der Waals surface area contributed by atoms with E-state index in [2.05, 4.69) is 15.3 Å². The minimum absolute atomic E-state index is 0.0214. The number of nitrogens with two attached hydrogens (primary N) is 1. The summed E-state index contributed by atoms with van der Waals surface area (Å²) in [5, 5.41) is 3.35. The maximum absolute atomic E-state index is 14.7. The quantitative estimate of drug-likeness (QED) is 0.320. The Kier molecular flexibility index (Phi) is 7.74. The Hall–Kier alpha value is -3.65. The molecule has 3 aromatic rings. The van der Waals surface area contributed by atoms with E-state index in [4.69, 9.17) is 5.73 Å². The summed E-state index contributed by atoms with van der Waals surface area (Å²) < 4.78 is 16.4. The topological polar surface area (TPSA) is 103 Å². The summed E-state index contributed by atoms with van der Waals surface area (Å²) in [5.41, 5.74) is 8.75. The molecule has 0 amide bonds. The first-order valence-corrected chi connectivity index (χ1v) is 12.4. The van der Waals surface area contributed by atoms with Gasteiger partial charge in [0, 0.05) is 53.8 Å². The number of rotatable bonds is 10. The largest absolute Gasteiger partial charge is 0.398 e. The van der Waals surface area contributed by atoms with Gasteiger partial charge in [0.25, 0.3) is 5.56 Å². The number of aromatic nitrogens is 3. The van der Waals surface area contributed by atoms with E-state index in [0.29, 0.717) is 29.5 Å². The van der Waals surface area contributed by atoms with Gasteiger partial charge in [0.05, 0.1) is 17.6 Å². The molecule has 188 valence electrons. The number of carbonyl (C=O) groups excluding carboxylic acids is 1. The number of ketones is 1. The molecule has 1 fully saturated rings. The smallest absolute Gasteiger partial charge is 0.250 e. The van der Waals surface area contributed by atoms with E-state index in [-0.39, 0.29) is 28.6 Å². The van der Waals surface area contributed by atoms with Crippen molar-refractivity contribution in [2.24, 2.45) is 5.73 Å². The Labute approximate surface area is 210 Å². The van der Waals surface area contributed by atoms with Crippen LogP contribution < -0.4 is 16.6 Å². The molecule has 8 heteroatoms. The van der Waals surface area contributed by atoms with Gasteiger partial charge in [-0.3, -0.25) is 14.6 Å². The van der Waals surface area contributed by atoms with Crippen molar-refractivity contribution in [3.8, 4) is 11.3 Å². The third-order valence-corrected chi connectivity index (χ3v) is 6.56. The molecule has 2 heterocycles. The second kappa shape index (κ2) is 11.0. The second-order valence-corrected chi connectivity index (χ2v) is 9.26. The fraction of sp³-hybridized carbons (Fsp3) is 0.357. The van der Waals surface area contributed by atoms with E-state index < -0.39 is 11.6 Å². The number of pyridine rings is 1. The zero-order valence-corrected chi connectivity index (χ0v) is 20.9. The number of aryl methyl sites for hydroxylation is 1. The first-order valence-electron chi connectivity index (χ1n) is 12.4. The molecule has 2 aromatic heterocycles. The van der Waals surface area contributed by atoms with Gasteiger partial charge in [-0.1, -0.05) is 19.9 Å². The van der Waals surface area contributed by atoms with Crippen LogP contribution in [0.2, 0.25) is 0 Å². The molecule has 0 atom stereocenters. The molecule has 0 spiro atoms. The van der Waals surface area contributed by atoms with Gasteiger partial charge in [-0.05, 0) is 56.4 Å². The zero-order valence-electron chi connectivity index (χ0n) is 20.9. The van der Waals surface area contributed by atoms with Crippen LogP contribution in [0.5, 0.6) is 0 Å². The summed E-state index contributed by atoms with van der Waals surface area (Å²) >= 11 is 0. The number of nitrogens with zero attached hydrogens (tertiary/aromatic N) is 3. The van der Waals surface area contributed by atoms with Gasteiger partial charge in [0.15, 0.2) is 0 Å². The summed E-state index contributed by atoms with van der Waals surface area (Å²) in [7, 11) is 0. The standard InChI is InChI=1S/C28H32FN5O2/c1-4-21(5-2)34-16-19(7-11-27(34)36)25-15-31-17(3)28(33-25)26(35)13-24(30)22-10-6-18(12-23(22)29)14-32-20-8-9-20/h6-7,10-13,15-16,20-21,32H,4-5,8-9,14,30H2,1-3H3/b24-13-. The van der Waals surface area contributed by atoms with Crippen LogP contribution >= 0.6 is 0 Å². The average molecular weight is 490 g/mol. The van der Waals surface area contributed by atoms with Gasteiger partial charge in [-0.15, -0.1) is 0 Å². The molecule has 0 unspecified atom stereocenters. The highest BCUT2D eigenvalue weighted by molar-refractivity contribution is 6.07. The SMILES string of the molecule is CCC(CC)n1cc(-c2cnc(C)c(C(=O)/C=C(\N)c3ccc(CNC4CC4)cc3F)n2)ccc1=O. The molecule has 0 bridgehead atoms. The first kappa shape index (κ1) is 25.4. The fourth-order valence-corrected chi connectivity index (χ4v) is 4.18. The van der Waals surface area contributed by atoms with Crippen molar-refractivity contribution in [2.45, 2.75) is 65.1 Å². The molecule has 0 aliphatic heterocycles. The molecule has 1 saturated carbocycles.